The zero-order chi connectivity index (χ0) is 13.7. The van der Waals surface area contributed by atoms with Gasteiger partial charge in [-0.25, -0.2) is 4.79 Å². The van der Waals surface area contributed by atoms with Crippen LogP contribution in [0.15, 0.2) is 18.2 Å². The number of rotatable bonds is 4. The predicted molar refractivity (Wildman–Crippen MR) is 60.8 cm³/mol. The van der Waals surface area contributed by atoms with Gasteiger partial charge in [-0.2, -0.15) is 0 Å². The number of esters is 2. The molecule has 0 amide bonds. The van der Waals surface area contributed by atoms with E-state index in [1.54, 1.807) is 0 Å². The average molecular weight is 274 g/mol. The van der Waals surface area contributed by atoms with Crippen LogP contribution in [-0.4, -0.2) is 29.9 Å². The van der Waals surface area contributed by atoms with Crippen LogP contribution in [0.1, 0.15) is 10.4 Å². The first-order valence-corrected chi connectivity index (χ1v) is 5.16. The van der Waals surface area contributed by atoms with Crippen molar-refractivity contribution in [3.8, 4) is 5.75 Å². The molecule has 0 spiro atoms. The zero-order valence-corrected chi connectivity index (χ0v) is 9.97. The van der Waals surface area contributed by atoms with Gasteiger partial charge in [-0.1, -0.05) is 0 Å². The number of ether oxygens (including phenoxy) is 2. The fourth-order valence-corrected chi connectivity index (χ4v) is 1.20. The lowest BCUT2D eigenvalue weighted by atomic mass is 10.2. The molecule has 0 atom stereocenters. The molecule has 0 bridgehead atoms. The Morgan fingerprint density at radius 3 is 2.61 bits per heavy atom. The summed E-state index contributed by atoms with van der Waals surface area (Å²) in [5.74, 6) is -2.27. The molecule has 0 fully saturated rings. The van der Waals surface area contributed by atoms with Crippen LogP contribution in [0, 0.1) is 10.1 Å². The van der Waals surface area contributed by atoms with Gasteiger partial charge in [0.15, 0.2) is 0 Å². The van der Waals surface area contributed by atoms with Crippen molar-refractivity contribution in [2.45, 2.75) is 0 Å². The molecule has 8 heteroatoms. The quantitative estimate of drug-likeness (QED) is 0.271. The number of nitro benzene ring substituents is 1. The highest BCUT2D eigenvalue weighted by atomic mass is 35.5. The largest absolute Gasteiger partial charge is 0.465 e. The molecular formula is C10H8ClNO6. The van der Waals surface area contributed by atoms with E-state index >= 15 is 0 Å². The number of hydrogen-bond acceptors (Lipinski definition) is 6. The van der Waals surface area contributed by atoms with Gasteiger partial charge < -0.3 is 9.47 Å². The number of nitro groups is 1. The number of carbonyl (C=O) groups excluding carboxylic acids is 2. The van der Waals surface area contributed by atoms with Gasteiger partial charge in [0.2, 0.25) is 5.75 Å². The molecule has 1 aromatic carbocycles. The zero-order valence-electron chi connectivity index (χ0n) is 9.21. The Labute approximate surface area is 106 Å². The standard InChI is InChI=1S/C10H8ClNO6/c1-17-10(14)6-2-3-8(18-9(13)5-11)7(4-6)12(15)16/h2-4H,5H2,1H3. The van der Waals surface area contributed by atoms with Crippen molar-refractivity contribution >= 4 is 29.2 Å². The van der Waals surface area contributed by atoms with Crippen molar-refractivity contribution in [1.29, 1.82) is 0 Å². The first kappa shape index (κ1) is 13.9. The Morgan fingerprint density at radius 1 is 1.44 bits per heavy atom. The number of methoxy groups -OCH3 is 1. The van der Waals surface area contributed by atoms with Gasteiger partial charge in [-0.05, 0) is 12.1 Å². The Kier molecular flexibility index (Phi) is 4.61. The fraction of sp³-hybridized carbons (Fsp3) is 0.200. The summed E-state index contributed by atoms with van der Waals surface area (Å²) in [7, 11) is 1.15. The van der Waals surface area contributed by atoms with E-state index in [0.29, 0.717) is 0 Å². The summed E-state index contributed by atoms with van der Waals surface area (Å²) >= 11 is 5.22. The third-order valence-electron chi connectivity index (χ3n) is 1.91. The lowest BCUT2D eigenvalue weighted by Crippen LogP contribution is -2.11. The molecule has 18 heavy (non-hydrogen) atoms. The Morgan fingerprint density at radius 2 is 2.11 bits per heavy atom. The van der Waals surface area contributed by atoms with E-state index in [9.17, 15) is 19.7 Å². The molecule has 0 aromatic heterocycles. The van der Waals surface area contributed by atoms with Crippen molar-refractivity contribution < 1.29 is 24.0 Å². The Balaban J connectivity index is 3.16. The molecule has 0 saturated heterocycles. The molecule has 0 N–H and O–H groups in total. The third kappa shape index (κ3) is 3.17. The molecule has 0 heterocycles. The van der Waals surface area contributed by atoms with E-state index in [0.717, 1.165) is 19.2 Å². The van der Waals surface area contributed by atoms with Gasteiger partial charge >= 0.3 is 17.6 Å². The monoisotopic (exact) mass is 273 g/mol. The maximum Gasteiger partial charge on any atom is 0.338 e. The molecule has 0 aliphatic carbocycles. The van der Waals surface area contributed by atoms with E-state index in [2.05, 4.69) is 9.47 Å². The lowest BCUT2D eigenvalue weighted by molar-refractivity contribution is -0.385. The first-order valence-electron chi connectivity index (χ1n) is 4.63. The third-order valence-corrected chi connectivity index (χ3v) is 2.13. The number of benzene rings is 1. The minimum atomic E-state index is -0.828. The van der Waals surface area contributed by atoms with Gasteiger partial charge in [0, 0.05) is 6.07 Å². The summed E-state index contributed by atoms with van der Waals surface area (Å²) in [5, 5.41) is 10.8. The van der Waals surface area contributed by atoms with E-state index in [1.165, 1.54) is 6.07 Å². The molecule has 0 aliphatic rings. The number of carbonyl (C=O) groups is 2. The molecular weight excluding hydrogens is 266 g/mol. The molecule has 0 unspecified atom stereocenters. The normalized spacial score (nSPS) is 9.67. The number of alkyl halides is 1. The Bertz CT molecular complexity index is 501. The van der Waals surface area contributed by atoms with E-state index in [4.69, 9.17) is 11.6 Å². The predicted octanol–water partition coefficient (Wildman–Crippen LogP) is 1.53. The van der Waals surface area contributed by atoms with Crippen LogP contribution in [-0.2, 0) is 9.53 Å². The summed E-state index contributed by atoms with van der Waals surface area (Å²) < 4.78 is 9.08. The van der Waals surface area contributed by atoms with Crippen LogP contribution in [0.4, 0.5) is 5.69 Å². The first-order chi connectivity index (χ1) is 8.49. The molecule has 1 aromatic rings. The van der Waals surface area contributed by atoms with Crippen LogP contribution in [0.5, 0.6) is 5.75 Å². The molecule has 1 rings (SSSR count). The maximum absolute atomic E-state index is 11.2. The van der Waals surface area contributed by atoms with Crippen LogP contribution >= 0.6 is 11.6 Å². The summed E-state index contributed by atoms with van der Waals surface area (Å²) in [4.78, 5) is 32.2. The highest BCUT2D eigenvalue weighted by Gasteiger charge is 2.20. The molecule has 0 aliphatic heterocycles. The summed E-state index contributed by atoms with van der Waals surface area (Å²) in [6, 6.07) is 3.34. The highest BCUT2D eigenvalue weighted by Crippen LogP contribution is 2.28. The van der Waals surface area contributed by atoms with Gasteiger partial charge in [-0.3, -0.25) is 14.9 Å². The average Bonchev–Trinajstić information content (AvgIpc) is 2.37. The van der Waals surface area contributed by atoms with Crippen molar-refractivity contribution in [2.75, 3.05) is 13.0 Å². The van der Waals surface area contributed by atoms with E-state index in [-0.39, 0.29) is 11.3 Å². The minimum absolute atomic E-state index is 0.0186. The van der Waals surface area contributed by atoms with Crippen LogP contribution in [0.3, 0.4) is 0 Å². The van der Waals surface area contributed by atoms with Gasteiger partial charge in [0.05, 0.1) is 17.6 Å². The fourth-order valence-electron chi connectivity index (χ4n) is 1.14. The van der Waals surface area contributed by atoms with E-state index in [1.807, 2.05) is 0 Å². The second-order valence-corrected chi connectivity index (χ2v) is 3.31. The van der Waals surface area contributed by atoms with Crippen molar-refractivity contribution in [1.82, 2.24) is 0 Å². The highest BCUT2D eigenvalue weighted by molar-refractivity contribution is 6.26. The van der Waals surface area contributed by atoms with Crippen molar-refractivity contribution in [2.24, 2.45) is 0 Å². The lowest BCUT2D eigenvalue weighted by Gasteiger charge is -2.04. The number of hydrogen-bond donors (Lipinski definition) is 0. The second kappa shape index (κ2) is 5.97. The van der Waals surface area contributed by atoms with Crippen LogP contribution in [0.2, 0.25) is 0 Å². The second-order valence-electron chi connectivity index (χ2n) is 3.04. The minimum Gasteiger partial charge on any atom is -0.465 e. The Hall–Kier alpha value is -2.15. The maximum atomic E-state index is 11.2. The van der Waals surface area contributed by atoms with Crippen molar-refractivity contribution in [3.05, 3.63) is 33.9 Å². The van der Waals surface area contributed by atoms with E-state index < -0.39 is 28.4 Å². The molecule has 0 radical (unpaired) electrons. The van der Waals surface area contributed by atoms with Gasteiger partial charge in [0.25, 0.3) is 0 Å². The SMILES string of the molecule is COC(=O)c1ccc(OC(=O)CCl)c([N+](=O)[O-])c1. The molecule has 96 valence electrons. The summed E-state index contributed by atoms with van der Waals surface area (Å²) in [6.45, 7) is 0. The van der Waals surface area contributed by atoms with Crippen molar-refractivity contribution in [3.63, 3.8) is 0 Å². The van der Waals surface area contributed by atoms with Crippen LogP contribution in [0.25, 0.3) is 0 Å². The summed E-state index contributed by atoms with van der Waals surface area (Å²) in [6.07, 6.45) is 0. The number of nitrogens with zero attached hydrogens (tertiary/aromatic N) is 1. The smallest absolute Gasteiger partial charge is 0.338 e. The molecule has 0 saturated carbocycles. The van der Waals surface area contributed by atoms with Crippen LogP contribution < -0.4 is 4.74 Å². The summed E-state index contributed by atoms with van der Waals surface area (Å²) in [5.41, 5.74) is -0.536. The van der Waals surface area contributed by atoms with Gasteiger partial charge in [-0.15, -0.1) is 11.6 Å². The number of halogens is 1. The molecule has 7 nitrogen and oxygen atoms in total. The topological polar surface area (TPSA) is 95.7 Å². The van der Waals surface area contributed by atoms with Gasteiger partial charge in [0.1, 0.15) is 5.88 Å².